The average molecular weight is 255 g/mol. The monoisotopic (exact) mass is 254 g/mol. The Balaban J connectivity index is 0.00000128. The maximum Gasteiger partial charge on any atom is 0.206 e. The largest absolute Gasteiger partial charge is 0.219 e. The van der Waals surface area contributed by atoms with Crippen LogP contribution in [0.3, 0.4) is 0 Å². The Hall–Kier alpha value is -1.32. The van der Waals surface area contributed by atoms with Gasteiger partial charge in [0.2, 0.25) is 9.84 Å². The summed E-state index contributed by atoms with van der Waals surface area (Å²) in [6, 6.07) is 16.9. The number of hydrogen-bond donors (Lipinski definition) is 0. The fourth-order valence-corrected chi connectivity index (χ4v) is 2.64. The predicted molar refractivity (Wildman–Crippen MR) is 65.6 cm³/mol. The molecule has 0 aliphatic heterocycles. The Labute approximate surface area is 101 Å². The van der Waals surface area contributed by atoms with E-state index in [9.17, 15) is 8.42 Å². The van der Waals surface area contributed by atoms with Gasteiger partial charge in [-0.3, -0.25) is 0 Å². The molecule has 16 heavy (non-hydrogen) atoms. The van der Waals surface area contributed by atoms with Crippen molar-refractivity contribution in [3.8, 4) is 0 Å². The van der Waals surface area contributed by atoms with Gasteiger partial charge in [0, 0.05) is 0 Å². The summed E-state index contributed by atoms with van der Waals surface area (Å²) in [6.45, 7) is 0. The molecule has 2 nitrogen and oxygen atoms in total. The van der Waals surface area contributed by atoms with Gasteiger partial charge in [-0.25, -0.2) is 8.42 Å². The van der Waals surface area contributed by atoms with Gasteiger partial charge in [0.15, 0.2) is 0 Å². The Bertz CT molecular complexity index is 490. The van der Waals surface area contributed by atoms with Crippen molar-refractivity contribution in [3.05, 3.63) is 60.7 Å². The molecule has 0 amide bonds. The molecule has 0 N–H and O–H groups in total. The Morgan fingerprint density at radius 3 is 1.25 bits per heavy atom. The third kappa shape index (κ3) is 2.43. The lowest BCUT2D eigenvalue weighted by molar-refractivity contribution is 0.596. The minimum atomic E-state index is -3.34. The van der Waals surface area contributed by atoms with Crippen LogP contribution in [0.5, 0.6) is 0 Å². The molecule has 0 bridgehead atoms. The van der Waals surface area contributed by atoms with Gasteiger partial charge in [0.1, 0.15) is 0 Å². The van der Waals surface area contributed by atoms with Crippen molar-refractivity contribution in [3.63, 3.8) is 0 Å². The second-order valence-corrected chi connectivity index (χ2v) is 5.08. The highest BCUT2D eigenvalue weighted by molar-refractivity contribution is 7.91. The third-order valence-electron chi connectivity index (χ3n) is 2.11. The summed E-state index contributed by atoms with van der Waals surface area (Å²) in [5.41, 5.74) is 0. The number of halogens is 1. The van der Waals surface area contributed by atoms with E-state index >= 15 is 0 Å². The summed E-state index contributed by atoms with van der Waals surface area (Å²) in [5.74, 6) is 0. The summed E-state index contributed by atoms with van der Waals surface area (Å²) in [6.07, 6.45) is 0. The van der Waals surface area contributed by atoms with Gasteiger partial charge < -0.3 is 0 Å². The SMILES string of the molecule is Cl.O=S(=O)(c1ccccc1)c1ccccc1. The molecule has 0 fully saturated rings. The summed E-state index contributed by atoms with van der Waals surface area (Å²) in [7, 11) is -3.34. The average Bonchev–Trinajstić information content (AvgIpc) is 2.31. The first kappa shape index (κ1) is 12.7. The molecule has 0 atom stereocenters. The van der Waals surface area contributed by atoms with Crippen LogP contribution in [-0.2, 0) is 9.84 Å². The molecular formula is C12H11ClO2S. The maximum absolute atomic E-state index is 12.0. The quantitative estimate of drug-likeness (QED) is 0.826. The highest BCUT2D eigenvalue weighted by Gasteiger charge is 2.15. The first-order chi connectivity index (χ1) is 7.21. The smallest absolute Gasteiger partial charge is 0.206 e. The molecule has 0 radical (unpaired) electrons. The van der Waals surface area contributed by atoms with Crippen molar-refractivity contribution < 1.29 is 8.42 Å². The zero-order valence-electron chi connectivity index (χ0n) is 8.41. The molecular weight excluding hydrogens is 244 g/mol. The van der Waals surface area contributed by atoms with Crippen LogP contribution < -0.4 is 0 Å². The van der Waals surface area contributed by atoms with E-state index in [0.717, 1.165) is 0 Å². The van der Waals surface area contributed by atoms with Crippen LogP contribution in [0.2, 0.25) is 0 Å². The number of rotatable bonds is 2. The molecule has 0 aliphatic carbocycles. The molecule has 0 saturated heterocycles. The summed E-state index contributed by atoms with van der Waals surface area (Å²) >= 11 is 0. The first-order valence-electron chi connectivity index (χ1n) is 4.56. The molecule has 0 heterocycles. The minimum Gasteiger partial charge on any atom is -0.219 e. The van der Waals surface area contributed by atoms with Gasteiger partial charge in [0.25, 0.3) is 0 Å². The molecule has 0 aliphatic rings. The standard InChI is InChI=1S/C12H10O2S.ClH/c13-15(14,11-7-3-1-4-8-11)12-9-5-2-6-10-12;/h1-10H;1H. The minimum absolute atomic E-state index is 0. The van der Waals surface area contributed by atoms with Gasteiger partial charge in [-0.2, -0.15) is 0 Å². The molecule has 0 spiro atoms. The van der Waals surface area contributed by atoms with Gasteiger partial charge >= 0.3 is 0 Å². The van der Waals surface area contributed by atoms with E-state index in [1.807, 2.05) is 0 Å². The molecule has 2 rings (SSSR count). The fourth-order valence-electron chi connectivity index (χ4n) is 1.34. The Morgan fingerprint density at radius 2 is 0.938 bits per heavy atom. The van der Waals surface area contributed by atoms with Gasteiger partial charge in [-0.1, -0.05) is 36.4 Å². The van der Waals surface area contributed by atoms with Crippen LogP contribution in [0.15, 0.2) is 70.5 Å². The molecule has 2 aromatic rings. The highest BCUT2D eigenvalue weighted by Crippen LogP contribution is 2.19. The summed E-state index contributed by atoms with van der Waals surface area (Å²) in [5, 5.41) is 0. The number of sulfone groups is 1. The third-order valence-corrected chi connectivity index (χ3v) is 3.89. The van der Waals surface area contributed by atoms with Crippen LogP contribution in [-0.4, -0.2) is 8.42 Å². The van der Waals surface area contributed by atoms with Crippen LogP contribution in [0.1, 0.15) is 0 Å². The van der Waals surface area contributed by atoms with Crippen molar-refractivity contribution in [1.29, 1.82) is 0 Å². The number of hydrogen-bond acceptors (Lipinski definition) is 2. The maximum atomic E-state index is 12.0. The lowest BCUT2D eigenvalue weighted by Gasteiger charge is -2.03. The molecule has 0 saturated carbocycles. The highest BCUT2D eigenvalue weighted by atomic mass is 35.5. The zero-order valence-corrected chi connectivity index (χ0v) is 10.0. The fraction of sp³-hybridized carbons (Fsp3) is 0. The zero-order chi connectivity index (χ0) is 10.7. The number of benzene rings is 2. The van der Waals surface area contributed by atoms with E-state index in [1.54, 1.807) is 60.7 Å². The second kappa shape index (κ2) is 5.14. The molecule has 4 heteroatoms. The van der Waals surface area contributed by atoms with E-state index in [0.29, 0.717) is 9.79 Å². The predicted octanol–water partition coefficient (Wildman–Crippen LogP) is 2.94. The van der Waals surface area contributed by atoms with E-state index in [1.165, 1.54) is 0 Å². The van der Waals surface area contributed by atoms with Crippen LogP contribution in [0, 0.1) is 0 Å². The molecule has 0 unspecified atom stereocenters. The van der Waals surface area contributed by atoms with Gasteiger partial charge in [0.05, 0.1) is 9.79 Å². The molecule has 2 aromatic carbocycles. The second-order valence-electron chi connectivity index (χ2n) is 3.13. The van der Waals surface area contributed by atoms with Crippen molar-refractivity contribution in [2.75, 3.05) is 0 Å². The summed E-state index contributed by atoms with van der Waals surface area (Å²) in [4.78, 5) is 0.660. The Kier molecular flexibility index (Phi) is 4.10. The normalized spacial score (nSPS) is 10.5. The molecule has 0 aromatic heterocycles. The van der Waals surface area contributed by atoms with Crippen molar-refractivity contribution in [1.82, 2.24) is 0 Å². The topological polar surface area (TPSA) is 34.1 Å². The molecule has 84 valence electrons. The van der Waals surface area contributed by atoms with E-state index in [2.05, 4.69) is 0 Å². The van der Waals surface area contributed by atoms with Crippen LogP contribution in [0.4, 0.5) is 0 Å². The van der Waals surface area contributed by atoms with Gasteiger partial charge in [-0.15, -0.1) is 12.4 Å². The van der Waals surface area contributed by atoms with Crippen molar-refractivity contribution in [2.24, 2.45) is 0 Å². The van der Waals surface area contributed by atoms with Crippen molar-refractivity contribution >= 4 is 22.2 Å². The Morgan fingerprint density at radius 1 is 0.625 bits per heavy atom. The van der Waals surface area contributed by atoms with Crippen LogP contribution in [0.25, 0.3) is 0 Å². The first-order valence-corrected chi connectivity index (χ1v) is 6.05. The van der Waals surface area contributed by atoms with E-state index in [4.69, 9.17) is 0 Å². The van der Waals surface area contributed by atoms with E-state index in [-0.39, 0.29) is 12.4 Å². The van der Waals surface area contributed by atoms with Crippen LogP contribution >= 0.6 is 12.4 Å². The van der Waals surface area contributed by atoms with E-state index < -0.39 is 9.84 Å². The lowest BCUT2D eigenvalue weighted by Crippen LogP contribution is -2.00. The lowest BCUT2D eigenvalue weighted by atomic mass is 10.4. The van der Waals surface area contributed by atoms with Crippen molar-refractivity contribution in [2.45, 2.75) is 9.79 Å². The van der Waals surface area contributed by atoms with Gasteiger partial charge in [-0.05, 0) is 24.3 Å². The summed E-state index contributed by atoms with van der Waals surface area (Å²) < 4.78 is 24.1.